The summed E-state index contributed by atoms with van der Waals surface area (Å²) in [4.78, 5) is 14.5. The van der Waals surface area contributed by atoms with Crippen molar-refractivity contribution in [2.75, 3.05) is 13.1 Å². The molecule has 0 aromatic carbocycles. The Hall–Kier alpha value is -0.570. The van der Waals surface area contributed by atoms with Gasteiger partial charge in [0.25, 0.3) is 0 Å². The molecule has 1 aliphatic heterocycles. The van der Waals surface area contributed by atoms with Crippen LogP contribution in [0.25, 0.3) is 0 Å². The Kier molecular flexibility index (Phi) is 3.24. The van der Waals surface area contributed by atoms with E-state index in [-0.39, 0.29) is 11.3 Å². The highest BCUT2D eigenvalue weighted by atomic mass is 16.2. The van der Waals surface area contributed by atoms with Crippen LogP contribution in [0.15, 0.2) is 0 Å². The minimum absolute atomic E-state index is 0.252. The van der Waals surface area contributed by atoms with Gasteiger partial charge in [-0.1, -0.05) is 13.8 Å². The van der Waals surface area contributed by atoms with Crippen molar-refractivity contribution in [3.63, 3.8) is 0 Å². The molecule has 2 fully saturated rings. The van der Waals surface area contributed by atoms with E-state index >= 15 is 0 Å². The van der Waals surface area contributed by atoms with E-state index in [4.69, 9.17) is 5.73 Å². The van der Waals surface area contributed by atoms with E-state index in [1.54, 1.807) is 0 Å². The van der Waals surface area contributed by atoms with Crippen molar-refractivity contribution in [2.24, 2.45) is 17.1 Å². The normalized spacial score (nSPS) is 32.6. The van der Waals surface area contributed by atoms with Crippen molar-refractivity contribution in [1.82, 2.24) is 4.90 Å². The zero-order valence-corrected chi connectivity index (χ0v) is 10.5. The maximum absolute atomic E-state index is 12.3. The van der Waals surface area contributed by atoms with Crippen LogP contribution in [0.1, 0.15) is 46.0 Å². The Morgan fingerprint density at radius 1 is 1.44 bits per heavy atom. The Balaban J connectivity index is 1.97. The number of nitrogens with zero attached hydrogens (tertiary/aromatic N) is 1. The molecule has 1 amide bonds. The van der Waals surface area contributed by atoms with Gasteiger partial charge < -0.3 is 10.6 Å². The third-order valence-corrected chi connectivity index (χ3v) is 4.22. The van der Waals surface area contributed by atoms with Crippen molar-refractivity contribution in [1.29, 1.82) is 0 Å². The Morgan fingerprint density at radius 2 is 2.12 bits per heavy atom. The summed E-state index contributed by atoms with van der Waals surface area (Å²) in [6.07, 6.45) is 5.61. The molecule has 0 aromatic heterocycles. The lowest BCUT2D eigenvalue weighted by molar-refractivity contribution is -0.137. The molecule has 1 aliphatic carbocycles. The highest BCUT2D eigenvalue weighted by molar-refractivity contribution is 5.82. The first-order chi connectivity index (χ1) is 7.56. The first-order valence-electron chi connectivity index (χ1n) is 6.57. The van der Waals surface area contributed by atoms with Gasteiger partial charge in [-0.15, -0.1) is 0 Å². The van der Waals surface area contributed by atoms with Crippen LogP contribution in [0.5, 0.6) is 0 Å². The van der Waals surface area contributed by atoms with Crippen LogP contribution >= 0.6 is 0 Å². The van der Waals surface area contributed by atoms with Crippen molar-refractivity contribution >= 4 is 5.91 Å². The SMILES string of the molecule is CC1(C)CC1C(=O)N1CCCCC1CCN. The lowest BCUT2D eigenvalue weighted by Gasteiger charge is -2.36. The lowest BCUT2D eigenvalue weighted by atomic mass is 9.98. The van der Waals surface area contributed by atoms with Crippen molar-refractivity contribution in [3.05, 3.63) is 0 Å². The van der Waals surface area contributed by atoms with E-state index in [1.807, 2.05) is 0 Å². The zero-order valence-electron chi connectivity index (χ0n) is 10.5. The molecule has 0 radical (unpaired) electrons. The zero-order chi connectivity index (χ0) is 11.8. The molecule has 3 nitrogen and oxygen atoms in total. The molecule has 3 heteroatoms. The first-order valence-corrected chi connectivity index (χ1v) is 6.57. The average Bonchev–Trinajstić information content (AvgIpc) is 2.88. The van der Waals surface area contributed by atoms with Gasteiger partial charge in [0.2, 0.25) is 5.91 Å². The molecule has 2 unspecified atom stereocenters. The van der Waals surface area contributed by atoms with Crippen LogP contribution in [0.3, 0.4) is 0 Å². The molecule has 1 heterocycles. The Bertz CT molecular complexity index is 273. The van der Waals surface area contributed by atoms with E-state index in [9.17, 15) is 4.79 Å². The standard InChI is InChI=1S/C13H24N2O/c1-13(2)9-11(13)12(16)15-8-4-3-5-10(15)6-7-14/h10-11H,3-9,14H2,1-2H3. The quantitative estimate of drug-likeness (QED) is 0.794. The van der Waals surface area contributed by atoms with Crippen LogP contribution in [-0.2, 0) is 4.79 Å². The van der Waals surface area contributed by atoms with Crippen molar-refractivity contribution in [3.8, 4) is 0 Å². The number of hydrogen-bond donors (Lipinski definition) is 1. The van der Waals surface area contributed by atoms with E-state index < -0.39 is 0 Å². The second kappa shape index (κ2) is 4.36. The largest absolute Gasteiger partial charge is 0.339 e. The van der Waals surface area contributed by atoms with E-state index in [1.165, 1.54) is 12.8 Å². The number of piperidine rings is 1. The van der Waals surface area contributed by atoms with Gasteiger partial charge in [-0.25, -0.2) is 0 Å². The summed E-state index contributed by atoms with van der Waals surface area (Å²) in [7, 11) is 0. The molecular weight excluding hydrogens is 200 g/mol. The fraction of sp³-hybridized carbons (Fsp3) is 0.923. The van der Waals surface area contributed by atoms with E-state index in [0.29, 0.717) is 18.5 Å². The summed E-state index contributed by atoms with van der Waals surface area (Å²) in [6, 6.07) is 0.419. The van der Waals surface area contributed by atoms with Gasteiger partial charge in [0.1, 0.15) is 0 Å². The second-order valence-corrected chi connectivity index (χ2v) is 6.00. The summed E-state index contributed by atoms with van der Waals surface area (Å²) >= 11 is 0. The third kappa shape index (κ3) is 2.24. The summed E-state index contributed by atoms with van der Waals surface area (Å²) in [5.74, 6) is 0.675. The fourth-order valence-corrected chi connectivity index (χ4v) is 2.87. The first kappa shape index (κ1) is 11.9. The monoisotopic (exact) mass is 224 g/mol. The number of nitrogens with two attached hydrogens (primary N) is 1. The molecule has 16 heavy (non-hydrogen) atoms. The fourth-order valence-electron chi connectivity index (χ4n) is 2.87. The minimum Gasteiger partial charge on any atom is -0.339 e. The van der Waals surface area contributed by atoms with Gasteiger partial charge in [-0.3, -0.25) is 4.79 Å². The predicted octanol–water partition coefficient (Wildman–Crippen LogP) is 1.76. The summed E-state index contributed by atoms with van der Waals surface area (Å²) in [5.41, 5.74) is 5.88. The van der Waals surface area contributed by atoms with Crippen LogP contribution in [-0.4, -0.2) is 29.9 Å². The molecule has 0 spiro atoms. The highest BCUT2D eigenvalue weighted by Gasteiger charge is 2.52. The molecule has 2 N–H and O–H groups in total. The van der Waals surface area contributed by atoms with Gasteiger partial charge in [0.15, 0.2) is 0 Å². The number of carbonyl (C=O) groups is 1. The van der Waals surface area contributed by atoms with E-state index in [0.717, 1.165) is 25.8 Å². The van der Waals surface area contributed by atoms with E-state index in [2.05, 4.69) is 18.7 Å². The number of hydrogen-bond acceptors (Lipinski definition) is 2. The number of carbonyl (C=O) groups excluding carboxylic acids is 1. The Morgan fingerprint density at radius 3 is 2.69 bits per heavy atom. The summed E-state index contributed by atoms with van der Waals surface area (Å²) in [6.45, 7) is 6.04. The number of likely N-dealkylation sites (tertiary alicyclic amines) is 1. The topological polar surface area (TPSA) is 46.3 Å². The maximum Gasteiger partial charge on any atom is 0.226 e. The van der Waals surface area contributed by atoms with Gasteiger partial charge in [-0.05, 0) is 44.1 Å². The second-order valence-electron chi connectivity index (χ2n) is 6.00. The van der Waals surface area contributed by atoms with Gasteiger partial charge >= 0.3 is 0 Å². The smallest absolute Gasteiger partial charge is 0.226 e. The number of amides is 1. The van der Waals surface area contributed by atoms with Gasteiger partial charge in [0, 0.05) is 18.5 Å². The molecule has 92 valence electrons. The molecule has 0 aromatic rings. The third-order valence-electron chi connectivity index (χ3n) is 4.22. The lowest BCUT2D eigenvalue weighted by Crippen LogP contribution is -2.45. The number of rotatable bonds is 3. The van der Waals surface area contributed by atoms with Crippen molar-refractivity contribution < 1.29 is 4.79 Å². The average molecular weight is 224 g/mol. The summed E-state index contributed by atoms with van der Waals surface area (Å²) < 4.78 is 0. The van der Waals surface area contributed by atoms with Crippen LogP contribution < -0.4 is 5.73 Å². The summed E-state index contributed by atoms with van der Waals surface area (Å²) in [5, 5.41) is 0. The highest BCUT2D eigenvalue weighted by Crippen LogP contribution is 2.52. The van der Waals surface area contributed by atoms with Crippen LogP contribution in [0, 0.1) is 11.3 Å². The molecular formula is C13H24N2O. The molecule has 1 saturated heterocycles. The predicted molar refractivity (Wildman–Crippen MR) is 64.9 cm³/mol. The Labute approximate surface area is 98.4 Å². The van der Waals surface area contributed by atoms with Crippen LogP contribution in [0.4, 0.5) is 0 Å². The maximum atomic E-state index is 12.3. The molecule has 1 saturated carbocycles. The molecule has 2 atom stereocenters. The van der Waals surface area contributed by atoms with Crippen molar-refractivity contribution in [2.45, 2.75) is 52.0 Å². The molecule has 2 rings (SSSR count). The van der Waals surface area contributed by atoms with Gasteiger partial charge in [0.05, 0.1) is 0 Å². The van der Waals surface area contributed by atoms with Crippen LogP contribution in [0.2, 0.25) is 0 Å². The molecule has 2 aliphatic rings. The molecule has 0 bridgehead atoms. The van der Waals surface area contributed by atoms with Gasteiger partial charge in [-0.2, -0.15) is 0 Å². The minimum atomic E-state index is 0.252.